The predicted octanol–water partition coefficient (Wildman–Crippen LogP) is -3.47. The minimum Gasteiger partial charge on any atom is -0.508 e. The van der Waals surface area contributed by atoms with Crippen molar-refractivity contribution in [2.24, 2.45) is 0 Å². The van der Waals surface area contributed by atoms with Crippen LogP contribution in [0.1, 0.15) is 23.3 Å². The van der Waals surface area contributed by atoms with Gasteiger partial charge in [-0.3, -0.25) is 0 Å². The molecule has 13 nitrogen and oxygen atoms in total. The Labute approximate surface area is 191 Å². The van der Waals surface area contributed by atoms with Crippen molar-refractivity contribution in [3.8, 4) is 5.75 Å². The van der Waals surface area contributed by atoms with Crippen LogP contribution in [-0.4, -0.2) is 108 Å². The Hall–Kier alpha value is -2.17. The molecule has 0 unspecified atom stereocenters. The second kappa shape index (κ2) is 9.47. The molecule has 34 heavy (non-hydrogen) atoms. The maximum atomic E-state index is 13.1. The van der Waals surface area contributed by atoms with Crippen molar-refractivity contribution >= 4 is 11.0 Å². The molecule has 4 rings (SSSR count). The maximum Gasteiger partial charge on any atom is 0.342 e. The van der Waals surface area contributed by atoms with Crippen LogP contribution in [0, 0.1) is 0 Å². The third kappa shape index (κ3) is 3.99. The fourth-order valence-corrected chi connectivity index (χ4v) is 4.48. The lowest BCUT2D eigenvalue weighted by Gasteiger charge is -2.43. The molecule has 2 saturated heterocycles. The molecule has 2 fully saturated rings. The number of fused-ring (bicyclic) bond motifs is 1. The minimum atomic E-state index is -1.89. The highest BCUT2D eigenvalue weighted by molar-refractivity contribution is 5.83. The van der Waals surface area contributed by atoms with Crippen LogP contribution in [0.25, 0.3) is 11.0 Å². The van der Waals surface area contributed by atoms with E-state index in [4.69, 9.17) is 13.9 Å². The van der Waals surface area contributed by atoms with Crippen molar-refractivity contribution in [2.75, 3.05) is 13.2 Å². The van der Waals surface area contributed by atoms with E-state index in [2.05, 4.69) is 0 Å². The molecule has 0 spiro atoms. The lowest BCUT2D eigenvalue weighted by molar-refractivity contribution is -0.238. The predicted molar refractivity (Wildman–Crippen MR) is 110 cm³/mol. The highest BCUT2D eigenvalue weighted by Gasteiger charge is 2.50. The molecule has 0 bridgehead atoms. The Balaban J connectivity index is 1.96. The monoisotopic (exact) mass is 486 g/mol. The molecule has 2 aliphatic heterocycles. The first-order valence-corrected chi connectivity index (χ1v) is 10.5. The number of aromatic hydroxyl groups is 1. The van der Waals surface area contributed by atoms with E-state index in [1.54, 1.807) is 0 Å². The Kier molecular flexibility index (Phi) is 6.94. The zero-order valence-electron chi connectivity index (χ0n) is 17.6. The molecule has 0 amide bonds. The van der Waals surface area contributed by atoms with Crippen LogP contribution in [0.2, 0.25) is 0 Å². The summed E-state index contributed by atoms with van der Waals surface area (Å²) in [6, 6.07) is 3.63. The molecule has 1 aromatic heterocycles. The summed E-state index contributed by atoms with van der Waals surface area (Å²) in [7, 11) is 0. The first kappa shape index (κ1) is 24.9. The molecule has 1 aromatic carbocycles. The van der Waals surface area contributed by atoms with Crippen LogP contribution < -0.4 is 5.63 Å². The molecule has 2 aromatic rings. The summed E-state index contributed by atoms with van der Waals surface area (Å²) in [5.41, 5.74) is -1.92. The van der Waals surface area contributed by atoms with Gasteiger partial charge >= 0.3 is 5.63 Å². The van der Waals surface area contributed by atoms with Crippen molar-refractivity contribution in [3.63, 3.8) is 0 Å². The maximum absolute atomic E-state index is 13.1. The highest BCUT2D eigenvalue weighted by atomic mass is 16.6. The summed E-state index contributed by atoms with van der Waals surface area (Å²) >= 11 is 0. The van der Waals surface area contributed by atoms with E-state index in [0.717, 1.165) is 6.07 Å². The van der Waals surface area contributed by atoms with Crippen LogP contribution in [0.4, 0.5) is 0 Å². The molecule has 0 saturated carbocycles. The molecule has 9 N–H and O–H groups in total. The van der Waals surface area contributed by atoms with Crippen LogP contribution in [0.15, 0.2) is 27.4 Å². The fourth-order valence-electron chi connectivity index (χ4n) is 4.48. The number of phenols is 1. The molecule has 0 radical (unpaired) electrons. The number of benzene rings is 1. The molecule has 188 valence electrons. The zero-order valence-corrected chi connectivity index (χ0v) is 17.6. The van der Waals surface area contributed by atoms with Gasteiger partial charge in [0.1, 0.15) is 72.4 Å². The van der Waals surface area contributed by atoms with E-state index in [9.17, 15) is 50.8 Å². The van der Waals surface area contributed by atoms with Gasteiger partial charge in [-0.25, -0.2) is 4.79 Å². The first-order valence-electron chi connectivity index (χ1n) is 10.5. The number of phenolic OH excluding ortho intramolecular Hbond substituents is 1. The molecule has 2 aliphatic rings. The average Bonchev–Trinajstić information content (AvgIpc) is 2.81. The zero-order chi connectivity index (χ0) is 24.9. The smallest absolute Gasteiger partial charge is 0.342 e. The van der Waals surface area contributed by atoms with Gasteiger partial charge in [-0.2, -0.15) is 0 Å². The summed E-state index contributed by atoms with van der Waals surface area (Å²) in [6.07, 6.45) is -16.8. The standard InChI is InChI=1S/C21H26O13/c22-4-9-13(25)15(27)17(29)19(32-9)11-7-2-1-6(24)3-8(7)34-21(31)12(11)20-18(30)16(28)14(26)10(5-23)33-20/h1-3,9-10,13-20,22-30H,4-5H2/t9-,10-,13+,14+,15+,16+,17-,18-,19+,20+/m1/s1. The van der Waals surface area contributed by atoms with Gasteiger partial charge in [0.15, 0.2) is 0 Å². The minimum absolute atomic E-state index is 0.0775. The Morgan fingerprint density at radius 3 is 1.71 bits per heavy atom. The van der Waals surface area contributed by atoms with E-state index < -0.39 is 85.4 Å². The lowest BCUT2D eigenvalue weighted by atomic mass is 9.84. The molecule has 0 aliphatic carbocycles. The largest absolute Gasteiger partial charge is 0.508 e. The second-order valence-corrected chi connectivity index (χ2v) is 8.40. The van der Waals surface area contributed by atoms with Gasteiger partial charge in [0.05, 0.1) is 18.8 Å². The summed E-state index contributed by atoms with van der Waals surface area (Å²) in [4.78, 5) is 13.1. The van der Waals surface area contributed by atoms with Crippen molar-refractivity contribution in [1.29, 1.82) is 0 Å². The Morgan fingerprint density at radius 1 is 0.706 bits per heavy atom. The third-order valence-electron chi connectivity index (χ3n) is 6.32. The molecule has 3 heterocycles. The number of ether oxygens (including phenoxy) is 2. The summed E-state index contributed by atoms with van der Waals surface area (Å²) < 4.78 is 16.4. The van der Waals surface area contributed by atoms with E-state index in [0.29, 0.717) is 0 Å². The van der Waals surface area contributed by atoms with Crippen LogP contribution >= 0.6 is 0 Å². The second-order valence-electron chi connectivity index (χ2n) is 8.40. The molecule has 13 heteroatoms. The van der Waals surface area contributed by atoms with E-state index in [1.165, 1.54) is 12.1 Å². The molecule has 10 atom stereocenters. The van der Waals surface area contributed by atoms with Crippen LogP contribution in [0.3, 0.4) is 0 Å². The van der Waals surface area contributed by atoms with Gasteiger partial charge in [-0.05, 0) is 12.1 Å². The van der Waals surface area contributed by atoms with Crippen molar-refractivity contribution in [2.45, 2.75) is 61.0 Å². The molecular formula is C21H26O13. The van der Waals surface area contributed by atoms with Crippen molar-refractivity contribution in [1.82, 2.24) is 0 Å². The normalized spacial score (nSPS) is 38.8. The van der Waals surface area contributed by atoms with Gasteiger partial charge in [0.2, 0.25) is 0 Å². The van der Waals surface area contributed by atoms with Gasteiger partial charge in [-0.15, -0.1) is 0 Å². The van der Waals surface area contributed by atoms with Gasteiger partial charge in [0.25, 0.3) is 0 Å². The first-order chi connectivity index (χ1) is 16.1. The number of hydrogen-bond acceptors (Lipinski definition) is 13. The lowest BCUT2D eigenvalue weighted by Crippen LogP contribution is -2.57. The Morgan fingerprint density at radius 2 is 1.21 bits per heavy atom. The number of aliphatic hydroxyl groups is 8. The van der Waals surface area contributed by atoms with E-state index in [1.807, 2.05) is 0 Å². The topological polar surface area (TPSA) is 231 Å². The SMILES string of the molecule is O=c1oc2cc(O)ccc2c([C@@H]2O[C@H](CO)[C@H](O)[C@H](O)[C@H]2O)c1[C@@H]1O[C@H](CO)[C@H](O)[C@H](O)[C@H]1O. The van der Waals surface area contributed by atoms with Gasteiger partial charge < -0.3 is 59.8 Å². The summed E-state index contributed by atoms with van der Waals surface area (Å²) in [5.74, 6) is -0.268. The van der Waals surface area contributed by atoms with Crippen molar-refractivity contribution in [3.05, 3.63) is 39.7 Å². The number of hydrogen-bond donors (Lipinski definition) is 9. The van der Waals surface area contributed by atoms with E-state index in [-0.39, 0.29) is 22.3 Å². The van der Waals surface area contributed by atoms with Crippen LogP contribution in [0.5, 0.6) is 5.75 Å². The van der Waals surface area contributed by atoms with Gasteiger partial charge in [-0.1, -0.05) is 0 Å². The van der Waals surface area contributed by atoms with Crippen molar-refractivity contribution < 1.29 is 59.8 Å². The van der Waals surface area contributed by atoms with E-state index >= 15 is 0 Å². The average molecular weight is 486 g/mol. The Bertz CT molecular complexity index is 1080. The fraction of sp³-hybridized carbons (Fsp3) is 0.571. The molecular weight excluding hydrogens is 460 g/mol. The highest BCUT2D eigenvalue weighted by Crippen LogP contribution is 2.42. The summed E-state index contributed by atoms with van der Waals surface area (Å²) in [6.45, 7) is -1.53. The van der Waals surface area contributed by atoms with Gasteiger partial charge in [0, 0.05) is 17.0 Å². The number of aliphatic hydroxyl groups excluding tert-OH is 8. The number of rotatable bonds is 4. The quantitative estimate of drug-likeness (QED) is 0.191. The third-order valence-corrected chi connectivity index (χ3v) is 6.32. The summed E-state index contributed by atoms with van der Waals surface area (Å²) in [5, 5.41) is 91.2. The van der Waals surface area contributed by atoms with Crippen LogP contribution in [-0.2, 0) is 9.47 Å².